The summed E-state index contributed by atoms with van der Waals surface area (Å²) in [6.07, 6.45) is 0. The van der Waals surface area contributed by atoms with Gasteiger partial charge in [0.25, 0.3) is 0 Å². The Labute approximate surface area is 115 Å². The number of hydrogen-bond donors (Lipinski definition) is 0. The molecule has 0 aliphatic rings. The first-order chi connectivity index (χ1) is 3.46. The van der Waals surface area contributed by atoms with Crippen molar-refractivity contribution in [1.82, 2.24) is 0 Å². The van der Waals surface area contributed by atoms with Crippen molar-refractivity contribution in [3.05, 3.63) is 0 Å². The average Bonchev–Trinajstić information content (AvgIpc) is 1.25. The Morgan fingerprint density at radius 3 is 0.500 bits per heavy atom. The summed E-state index contributed by atoms with van der Waals surface area (Å²) >= 11 is -0.900. The van der Waals surface area contributed by atoms with Crippen LogP contribution in [0.5, 0.6) is 0 Å². The molecule has 0 bridgehead atoms. The molecular formula is C6H20I2Sb2. The van der Waals surface area contributed by atoms with E-state index in [1.807, 2.05) is 0 Å². The molecule has 0 fully saturated rings. The van der Waals surface area contributed by atoms with Gasteiger partial charge in [-0.3, -0.25) is 0 Å². The second kappa shape index (κ2) is 18.0. The predicted octanol–water partition coefficient (Wildman–Crippen LogP) is 3.98. The van der Waals surface area contributed by atoms with Crippen molar-refractivity contribution in [1.29, 1.82) is 0 Å². The molecule has 0 radical (unpaired) electrons. The number of halogens is 2. The zero-order valence-electron chi connectivity index (χ0n) is 7.71. The van der Waals surface area contributed by atoms with Crippen LogP contribution in [-0.4, -0.2) is 40.4 Å². The molecule has 0 N–H and O–H groups in total. The monoisotopic (exact) mass is 588 g/mol. The molecule has 0 aromatic carbocycles. The first-order valence-electron chi connectivity index (χ1n) is 2.68. The van der Waals surface area contributed by atoms with E-state index in [9.17, 15) is 0 Å². The van der Waals surface area contributed by atoms with Crippen molar-refractivity contribution in [2.24, 2.45) is 0 Å². The summed E-state index contributed by atoms with van der Waals surface area (Å²) in [5.41, 5.74) is 0. The minimum absolute atomic E-state index is 0. The zero-order valence-corrected chi connectivity index (χ0v) is 17.5. The molecule has 0 unspecified atom stereocenters. The van der Waals surface area contributed by atoms with Gasteiger partial charge in [0.2, 0.25) is 0 Å². The van der Waals surface area contributed by atoms with Gasteiger partial charge in [-0.2, -0.15) is 0 Å². The van der Waals surface area contributed by atoms with Gasteiger partial charge in [0, 0.05) is 0 Å². The Bertz CT molecular complexity index is 29.2. The van der Waals surface area contributed by atoms with E-state index in [1.165, 1.54) is 0 Å². The van der Waals surface area contributed by atoms with Crippen molar-refractivity contribution >= 4 is 88.4 Å². The van der Waals surface area contributed by atoms with E-state index in [-0.39, 0.29) is 48.0 Å². The number of hydrogen-bond acceptors (Lipinski definition) is 0. The number of rotatable bonds is 0. The molecule has 0 saturated carbocycles. The predicted molar refractivity (Wildman–Crippen MR) is 77.5 cm³/mol. The summed E-state index contributed by atoms with van der Waals surface area (Å²) < 4.78 is 0. The molecule has 0 saturated heterocycles. The van der Waals surface area contributed by atoms with Crippen molar-refractivity contribution in [3.8, 4) is 0 Å². The molecule has 0 aromatic rings. The molecule has 0 nitrogen and oxygen atoms in total. The Morgan fingerprint density at radius 2 is 0.500 bits per heavy atom. The van der Waals surface area contributed by atoms with E-state index < -0.39 is 40.4 Å². The second-order valence-corrected chi connectivity index (χ2v) is 18.0. The summed E-state index contributed by atoms with van der Waals surface area (Å²) in [4.78, 5) is 14.1. The first kappa shape index (κ1) is 23.2. The van der Waals surface area contributed by atoms with Crippen molar-refractivity contribution < 1.29 is 0 Å². The normalized spacial score (nSPS) is 7.20. The van der Waals surface area contributed by atoms with Gasteiger partial charge in [-0.1, -0.05) is 0 Å². The Kier molecular flexibility index (Phi) is 41.7. The molecule has 10 heavy (non-hydrogen) atoms. The van der Waals surface area contributed by atoms with E-state index in [4.69, 9.17) is 0 Å². The van der Waals surface area contributed by atoms with Crippen LogP contribution in [-0.2, 0) is 0 Å². The molecule has 0 rings (SSSR count). The van der Waals surface area contributed by atoms with E-state index in [2.05, 4.69) is 29.2 Å². The summed E-state index contributed by atoms with van der Waals surface area (Å²) in [6, 6.07) is 0. The Hall–Kier alpha value is 3.10. The summed E-state index contributed by atoms with van der Waals surface area (Å²) in [5.74, 6) is 0. The van der Waals surface area contributed by atoms with E-state index in [1.54, 1.807) is 0 Å². The molecule has 68 valence electrons. The van der Waals surface area contributed by atoms with Crippen LogP contribution in [0.3, 0.4) is 0 Å². The van der Waals surface area contributed by atoms with Crippen LogP contribution >= 0.6 is 48.0 Å². The molecule has 0 atom stereocenters. The van der Waals surface area contributed by atoms with Crippen LogP contribution in [0.2, 0.25) is 29.2 Å². The molecule has 0 aliphatic carbocycles. The van der Waals surface area contributed by atoms with E-state index in [0.717, 1.165) is 0 Å². The SMILES string of the molecule is I.I.[CH3][Sb]([CH3])[CH3].[CH3][Sb]([CH3])[CH3]. The topological polar surface area (TPSA) is 0 Å². The molecule has 4 heteroatoms. The van der Waals surface area contributed by atoms with Gasteiger partial charge in [-0.15, -0.1) is 48.0 Å². The fourth-order valence-corrected chi connectivity index (χ4v) is 0. The maximum atomic E-state index is 2.35. The van der Waals surface area contributed by atoms with Crippen LogP contribution in [0.25, 0.3) is 0 Å². The van der Waals surface area contributed by atoms with Gasteiger partial charge < -0.3 is 0 Å². The molecule has 0 amide bonds. The van der Waals surface area contributed by atoms with Crippen LogP contribution < -0.4 is 0 Å². The third-order valence-corrected chi connectivity index (χ3v) is 0. The van der Waals surface area contributed by atoms with Crippen molar-refractivity contribution in [3.63, 3.8) is 0 Å². The minimum atomic E-state index is -0.450. The van der Waals surface area contributed by atoms with Gasteiger partial charge in [-0.05, 0) is 0 Å². The van der Waals surface area contributed by atoms with Crippen molar-refractivity contribution in [2.45, 2.75) is 29.2 Å². The summed E-state index contributed by atoms with van der Waals surface area (Å²) in [6.45, 7) is 0. The van der Waals surface area contributed by atoms with E-state index >= 15 is 0 Å². The van der Waals surface area contributed by atoms with Crippen LogP contribution in [0.4, 0.5) is 0 Å². The first-order valence-corrected chi connectivity index (χ1v) is 18.0. The maximum absolute atomic E-state index is 2.35. The van der Waals surface area contributed by atoms with Gasteiger partial charge in [0.15, 0.2) is 0 Å². The van der Waals surface area contributed by atoms with Crippen LogP contribution in [0.1, 0.15) is 0 Å². The Balaban J connectivity index is -0.0000000300. The summed E-state index contributed by atoms with van der Waals surface area (Å²) in [5, 5.41) is 0. The third-order valence-electron chi connectivity index (χ3n) is 0. The van der Waals surface area contributed by atoms with E-state index in [0.29, 0.717) is 0 Å². The third kappa shape index (κ3) is 118. The standard InChI is InChI=1S/6CH3.2HI.2Sb/h6*1H3;2*1H;;. The zero-order chi connectivity index (χ0) is 7.15. The van der Waals surface area contributed by atoms with Gasteiger partial charge in [-0.25, -0.2) is 0 Å². The molecular weight excluding hydrogens is 569 g/mol. The molecule has 0 heterocycles. The van der Waals surface area contributed by atoms with Crippen LogP contribution in [0.15, 0.2) is 0 Å². The summed E-state index contributed by atoms with van der Waals surface area (Å²) in [7, 11) is 0. The van der Waals surface area contributed by atoms with Crippen molar-refractivity contribution in [2.75, 3.05) is 0 Å². The van der Waals surface area contributed by atoms with Crippen LogP contribution in [0, 0.1) is 0 Å². The fraction of sp³-hybridized carbons (Fsp3) is 1.00. The molecule has 0 spiro atoms. The Morgan fingerprint density at radius 1 is 0.500 bits per heavy atom. The van der Waals surface area contributed by atoms with Gasteiger partial charge in [0.1, 0.15) is 0 Å². The quantitative estimate of drug-likeness (QED) is 0.297. The molecule has 0 aliphatic heterocycles. The average molecular weight is 590 g/mol. The molecule has 0 aromatic heterocycles. The second-order valence-electron chi connectivity index (χ2n) is 2.68. The fourth-order valence-electron chi connectivity index (χ4n) is 0. The van der Waals surface area contributed by atoms with Gasteiger partial charge >= 0.3 is 69.6 Å². The van der Waals surface area contributed by atoms with Gasteiger partial charge in [0.05, 0.1) is 0 Å².